The van der Waals surface area contributed by atoms with Gasteiger partial charge in [-0.1, -0.05) is 5.21 Å². The number of nitrogens with one attached hydrogen (secondary N) is 1. The third kappa shape index (κ3) is 5.49. The minimum atomic E-state index is -0.0548. The average molecular weight is 350 g/mol. The highest BCUT2D eigenvalue weighted by Gasteiger charge is 2.18. The number of ether oxygens (including phenoxy) is 1. The second-order valence-electron chi connectivity index (χ2n) is 6.96. The third-order valence-corrected chi connectivity index (χ3v) is 5.00. The van der Waals surface area contributed by atoms with Crippen molar-refractivity contribution in [3.05, 3.63) is 11.9 Å². The molecule has 25 heavy (non-hydrogen) atoms. The molecule has 1 amide bonds. The van der Waals surface area contributed by atoms with Crippen LogP contribution in [0.1, 0.15) is 36.2 Å². The molecule has 1 aromatic heterocycles. The Balaban J connectivity index is 1.39. The molecule has 2 fully saturated rings. The number of amides is 1. The summed E-state index contributed by atoms with van der Waals surface area (Å²) in [6.45, 7) is 7.53. The first-order valence-electron chi connectivity index (χ1n) is 9.42. The van der Waals surface area contributed by atoms with Gasteiger partial charge >= 0.3 is 0 Å². The third-order valence-electron chi connectivity index (χ3n) is 5.00. The smallest absolute Gasteiger partial charge is 0.275 e. The highest BCUT2D eigenvalue weighted by molar-refractivity contribution is 5.91. The molecule has 0 unspecified atom stereocenters. The SMILES string of the molecule is CN(CCC[C@@H]1CCCO1)C(=O)c1cn(CCN2CCNCC2)nn1. The number of hydrogen-bond donors (Lipinski definition) is 1. The van der Waals surface area contributed by atoms with E-state index in [9.17, 15) is 4.79 Å². The molecule has 0 spiro atoms. The second-order valence-corrected chi connectivity index (χ2v) is 6.96. The van der Waals surface area contributed by atoms with E-state index in [2.05, 4.69) is 20.5 Å². The van der Waals surface area contributed by atoms with Gasteiger partial charge in [-0.15, -0.1) is 5.10 Å². The van der Waals surface area contributed by atoms with Gasteiger partial charge in [0.1, 0.15) is 0 Å². The van der Waals surface area contributed by atoms with Crippen LogP contribution in [0, 0.1) is 0 Å². The lowest BCUT2D eigenvalue weighted by molar-refractivity contribution is 0.0758. The Bertz CT molecular complexity index is 537. The lowest BCUT2D eigenvalue weighted by Gasteiger charge is -2.26. The predicted octanol–water partition coefficient (Wildman–Crippen LogP) is 0.215. The van der Waals surface area contributed by atoms with E-state index in [1.165, 1.54) is 0 Å². The van der Waals surface area contributed by atoms with Crippen LogP contribution in [0.5, 0.6) is 0 Å². The molecule has 1 aromatic rings. The first kappa shape index (κ1) is 18.3. The molecule has 2 aliphatic heterocycles. The maximum atomic E-state index is 12.5. The van der Waals surface area contributed by atoms with Crippen LogP contribution in [0.2, 0.25) is 0 Å². The Morgan fingerprint density at radius 3 is 3.00 bits per heavy atom. The molecule has 8 heteroatoms. The van der Waals surface area contributed by atoms with Crippen molar-refractivity contribution in [2.24, 2.45) is 0 Å². The summed E-state index contributed by atoms with van der Waals surface area (Å²) in [5, 5.41) is 11.5. The summed E-state index contributed by atoms with van der Waals surface area (Å²) >= 11 is 0. The summed E-state index contributed by atoms with van der Waals surface area (Å²) in [7, 11) is 1.83. The minimum absolute atomic E-state index is 0.0548. The van der Waals surface area contributed by atoms with Gasteiger partial charge < -0.3 is 15.0 Å². The van der Waals surface area contributed by atoms with Gasteiger partial charge in [-0.25, -0.2) is 0 Å². The molecule has 0 bridgehead atoms. The van der Waals surface area contributed by atoms with E-state index in [-0.39, 0.29) is 5.91 Å². The lowest BCUT2D eigenvalue weighted by Crippen LogP contribution is -2.44. The van der Waals surface area contributed by atoms with Crippen LogP contribution in [0.25, 0.3) is 0 Å². The van der Waals surface area contributed by atoms with Gasteiger partial charge in [0.15, 0.2) is 5.69 Å². The molecule has 1 atom stereocenters. The molecule has 0 aliphatic carbocycles. The summed E-state index contributed by atoms with van der Waals surface area (Å²) in [4.78, 5) is 16.6. The first-order valence-corrected chi connectivity index (χ1v) is 9.42. The number of hydrogen-bond acceptors (Lipinski definition) is 6. The monoisotopic (exact) mass is 350 g/mol. The number of piperazine rings is 1. The molecular formula is C17H30N6O2. The fourth-order valence-corrected chi connectivity index (χ4v) is 3.41. The Morgan fingerprint density at radius 1 is 1.40 bits per heavy atom. The van der Waals surface area contributed by atoms with Crippen molar-refractivity contribution < 1.29 is 9.53 Å². The van der Waals surface area contributed by atoms with Crippen LogP contribution < -0.4 is 5.32 Å². The van der Waals surface area contributed by atoms with Gasteiger partial charge in [0.05, 0.1) is 18.8 Å². The van der Waals surface area contributed by atoms with Crippen molar-refractivity contribution in [1.29, 1.82) is 0 Å². The molecule has 140 valence electrons. The van der Waals surface area contributed by atoms with Gasteiger partial charge in [0.2, 0.25) is 0 Å². The Kier molecular flexibility index (Phi) is 6.77. The summed E-state index contributed by atoms with van der Waals surface area (Å²) in [6.07, 6.45) is 6.45. The summed E-state index contributed by atoms with van der Waals surface area (Å²) in [6, 6.07) is 0. The van der Waals surface area contributed by atoms with Crippen molar-refractivity contribution in [1.82, 2.24) is 30.1 Å². The number of nitrogens with zero attached hydrogens (tertiary/aromatic N) is 5. The molecule has 2 saturated heterocycles. The molecule has 2 aliphatic rings. The van der Waals surface area contributed by atoms with Gasteiger partial charge in [-0.3, -0.25) is 14.4 Å². The highest BCUT2D eigenvalue weighted by Crippen LogP contribution is 2.17. The van der Waals surface area contributed by atoms with Gasteiger partial charge in [-0.2, -0.15) is 0 Å². The van der Waals surface area contributed by atoms with Crippen molar-refractivity contribution >= 4 is 5.91 Å². The molecule has 0 radical (unpaired) electrons. The number of carbonyl (C=O) groups excluding carboxylic acids is 1. The van der Waals surface area contributed by atoms with Crippen molar-refractivity contribution in [3.63, 3.8) is 0 Å². The van der Waals surface area contributed by atoms with Crippen LogP contribution >= 0.6 is 0 Å². The Morgan fingerprint density at radius 2 is 2.24 bits per heavy atom. The zero-order chi connectivity index (χ0) is 17.5. The molecule has 3 rings (SSSR count). The van der Waals surface area contributed by atoms with E-state index in [1.54, 1.807) is 15.8 Å². The maximum absolute atomic E-state index is 12.5. The standard InChI is InChI=1S/C17H30N6O2/c1-21(8-2-4-15-5-3-13-25-15)17(24)16-14-23(20-19-16)12-11-22-9-6-18-7-10-22/h14-15,18H,2-13H2,1H3/t15-/m1/s1. The minimum Gasteiger partial charge on any atom is -0.378 e. The fourth-order valence-electron chi connectivity index (χ4n) is 3.41. The topological polar surface area (TPSA) is 75.5 Å². The Labute approximate surface area is 149 Å². The zero-order valence-electron chi connectivity index (χ0n) is 15.2. The van der Waals surface area contributed by atoms with E-state index < -0.39 is 0 Å². The van der Waals surface area contributed by atoms with Crippen molar-refractivity contribution in [3.8, 4) is 0 Å². The number of aromatic nitrogens is 3. The van der Waals surface area contributed by atoms with E-state index in [0.29, 0.717) is 11.8 Å². The summed E-state index contributed by atoms with van der Waals surface area (Å²) < 4.78 is 7.40. The molecular weight excluding hydrogens is 320 g/mol. The number of rotatable bonds is 8. The van der Waals surface area contributed by atoms with Crippen LogP contribution in [0.4, 0.5) is 0 Å². The highest BCUT2D eigenvalue weighted by atomic mass is 16.5. The Hall–Kier alpha value is -1.51. The quantitative estimate of drug-likeness (QED) is 0.723. The second kappa shape index (κ2) is 9.26. The van der Waals surface area contributed by atoms with E-state index in [1.807, 2.05) is 7.05 Å². The van der Waals surface area contributed by atoms with Gasteiger partial charge in [0, 0.05) is 52.9 Å². The van der Waals surface area contributed by atoms with Crippen LogP contribution in [-0.4, -0.2) is 89.7 Å². The average Bonchev–Trinajstić information content (AvgIpc) is 3.32. The normalized spacial score (nSPS) is 21.6. The first-order chi connectivity index (χ1) is 12.2. The molecule has 0 saturated carbocycles. The van der Waals surface area contributed by atoms with Crippen LogP contribution in [0.15, 0.2) is 6.20 Å². The summed E-state index contributed by atoms with van der Waals surface area (Å²) in [5.74, 6) is -0.0548. The van der Waals surface area contributed by atoms with Crippen molar-refractivity contribution in [2.45, 2.75) is 38.3 Å². The van der Waals surface area contributed by atoms with Crippen LogP contribution in [-0.2, 0) is 11.3 Å². The summed E-state index contributed by atoms with van der Waals surface area (Å²) in [5.41, 5.74) is 0.430. The maximum Gasteiger partial charge on any atom is 0.275 e. The van der Waals surface area contributed by atoms with Gasteiger partial charge in [-0.05, 0) is 25.7 Å². The molecule has 1 N–H and O–H groups in total. The molecule has 3 heterocycles. The van der Waals surface area contributed by atoms with E-state index in [0.717, 1.165) is 78.1 Å². The van der Waals surface area contributed by atoms with E-state index >= 15 is 0 Å². The number of carbonyl (C=O) groups is 1. The fraction of sp³-hybridized carbons (Fsp3) is 0.824. The predicted molar refractivity (Wildman–Crippen MR) is 94.5 cm³/mol. The largest absolute Gasteiger partial charge is 0.378 e. The van der Waals surface area contributed by atoms with Gasteiger partial charge in [0.25, 0.3) is 5.91 Å². The van der Waals surface area contributed by atoms with E-state index in [4.69, 9.17) is 4.74 Å². The lowest BCUT2D eigenvalue weighted by atomic mass is 10.1. The molecule has 0 aromatic carbocycles. The zero-order valence-corrected chi connectivity index (χ0v) is 15.2. The molecule has 8 nitrogen and oxygen atoms in total. The van der Waals surface area contributed by atoms with Crippen molar-refractivity contribution in [2.75, 3.05) is 52.9 Å². The van der Waals surface area contributed by atoms with Crippen LogP contribution in [0.3, 0.4) is 0 Å².